The standard InChI is InChI=1S/C7H7N3O/c1-5-2-9-7(10-5)6-3-8-4-11-6/h2-4H,1H3,(H,9,10). The van der Waals surface area contributed by atoms with Gasteiger partial charge in [0.15, 0.2) is 18.0 Å². The molecule has 4 nitrogen and oxygen atoms in total. The molecule has 0 aliphatic heterocycles. The number of H-pyrrole nitrogens is 1. The van der Waals surface area contributed by atoms with Crippen molar-refractivity contribution in [1.29, 1.82) is 0 Å². The Morgan fingerprint density at radius 1 is 1.45 bits per heavy atom. The molecule has 4 heteroatoms. The van der Waals surface area contributed by atoms with Gasteiger partial charge in [-0.1, -0.05) is 0 Å². The van der Waals surface area contributed by atoms with Crippen LogP contribution in [0.5, 0.6) is 0 Å². The lowest BCUT2D eigenvalue weighted by molar-refractivity contribution is 0.568. The zero-order valence-corrected chi connectivity index (χ0v) is 6.03. The van der Waals surface area contributed by atoms with Gasteiger partial charge in [-0.2, -0.15) is 0 Å². The molecule has 0 fully saturated rings. The molecule has 0 radical (unpaired) electrons. The summed E-state index contributed by atoms with van der Waals surface area (Å²) < 4.78 is 5.03. The highest BCUT2D eigenvalue weighted by molar-refractivity contribution is 5.44. The highest BCUT2D eigenvalue weighted by atomic mass is 16.3. The molecule has 0 spiro atoms. The average Bonchev–Trinajstić information content (AvgIpc) is 2.55. The maximum absolute atomic E-state index is 5.03. The summed E-state index contributed by atoms with van der Waals surface area (Å²) in [5, 5.41) is 0. The van der Waals surface area contributed by atoms with E-state index in [-0.39, 0.29) is 0 Å². The number of aromatic amines is 1. The summed E-state index contributed by atoms with van der Waals surface area (Å²) in [6.45, 7) is 1.94. The molecule has 0 atom stereocenters. The van der Waals surface area contributed by atoms with Gasteiger partial charge in [-0.15, -0.1) is 0 Å². The zero-order chi connectivity index (χ0) is 7.68. The molecular formula is C7H7N3O. The van der Waals surface area contributed by atoms with Gasteiger partial charge in [-0.05, 0) is 6.92 Å². The Balaban J connectivity index is 2.45. The first kappa shape index (κ1) is 6.15. The lowest BCUT2D eigenvalue weighted by Crippen LogP contribution is -1.75. The molecule has 2 aromatic heterocycles. The maximum atomic E-state index is 5.03. The van der Waals surface area contributed by atoms with E-state index in [1.807, 2.05) is 6.92 Å². The Morgan fingerprint density at radius 2 is 2.36 bits per heavy atom. The second kappa shape index (κ2) is 2.23. The van der Waals surface area contributed by atoms with Crippen LogP contribution in [0.1, 0.15) is 5.69 Å². The van der Waals surface area contributed by atoms with E-state index in [1.54, 1.807) is 12.4 Å². The summed E-state index contributed by atoms with van der Waals surface area (Å²) in [6.07, 6.45) is 4.75. The van der Waals surface area contributed by atoms with Crippen LogP contribution in [0.25, 0.3) is 11.6 Å². The number of aromatic nitrogens is 3. The Labute approximate surface area is 63.3 Å². The number of imidazole rings is 1. The van der Waals surface area contributed by atoms with E-state index in [2.05, 4.69) is 15.0 Å². The minimum atomic E-state index is 0.665. The van der Waals surface area contributed by atoms with Crippen LogP contribution in [0.3, 0.4) is 0 Å². The Morgan fingerprint density at radius 3 is 2.91 bits per heavy atom. The molecule has 11 heavy (non-hydrogen) atoms. The van der Waals surface area contributed by atoms with Crippen molar-refractivity contribution in [2.45, 2.75) is 6.92 Å². The Kier molecular flexibility index (Phi) is 1.25. The summed E-state index contributed by atoms with van der Waals surface area (Å²) in [7, 11) is 0. The molecule has 0 saturated carbocycles. The van der Waals surface area contributed by atoms with Crippen LogP contribution in [-0.4, -0.2) is 15.0 Å². The van der Waals surface area contributed by atoms with E-state index in [1.165, 1.54) is 6.39 Å². The first-order valence-electron chi connectivity index (χ1n) is 3.27. The minimum absolute atomic E-state index is 0.665. The number of hydrogen-bond donors (Lipinski definition) is 1. The van der Waals surface area contributed by atoms with Crippen molar-refractivity contribution in [3.05, 3.63) is 24.5 Å². The number of rotatable bonds is 1. The third-order valence-electron chi connectivity index (χ3n) is 1.37. The fourth-order valence-electron chi connectivity index (χ4n) is 0.871. The van der Waals surface area contributed by atoms with Crippen molar-refractivity contribution in [3.8, 4) is 11.6 Å². The summed E-state index contributed by atoms with van der Waals surface area (Å²) in [6, 6.07) is 0. The molecular weight excluding hydrogens is 142 g/mol. The Bertz CT molecular complexity index is 336. The average molecular weight is 149 g/mol. The van der Waals surface area contributed by atoms with Crippen LogP contribution in [0, 0.1) is 6.92 Å². The molecule has 0 unspecified atom stereocenters. The molecule has 0 saturated heterocycles. The number of nitrogens with zero attached hydrogens (tertiary/aromatic N) is 2. The van der Waals surface area contributed by atoms with Crippen molar-refractivity contribution in [1.82, 2.24) is 15.0 Å². The molecule has 0 aromatic carbocycles. The third kappa shape index (κ3) is 1.02. The van der Waals surface area contributed by atoms with E-state index < -0.39 is 0 Å². The third-order valence-corrected chi connectivity index (χ3v) is 1.37. The van der Waals surface area contributed by atoms with Gasteiger partial charge in [-0.3, -0.25) is 0 Å². The van der Waals surface area contributed by atoms with Crippen LogP contribution in [0.15, 0.2) is 23.2 Å². The van der Waals surface area contributed by atoms with Crippen molar-refractivity contribution in [3.63, 3.8) is 0 Å². The fourth-order valence-corrected chi connectivity index (χ4v) is 0.871. The minimum Gasteiger partial charge on any atom is -0.440 e. The van der Waals surface area contributed by atoms with Crippen LogP contribution >= 0.6 is 0 Å². The van der Waals surface area contributed by atoms with Gasteiger partial charge < -0.3 is 9.40 Å². The first-order chi connectivity index (χ1) is 5.36. The number of nitrogens with one attached hydrogen (secondary N) is 1. The largest absolute Gasteiger partial charge is 0.440 e. The van der Waals surface area contributed by atoms with Crippen LogP contribution in [0.2, 0.25) is 0 Å². The van der Waals surface area contributed by atoms with Gasteiger partial charge in [0.05, 0.1) is 6.20 Å². The molecule has 2 aromatic rings. The molecule has 0 aliphatic carbocycles. The van der Waals surface area contributed by atoms with Gasteiger partial charge in [0, 0.05) is 11.9 Å². The second-order valence-corrected chi connectivity index (χ2v) is 2.28. The van der Waals surface area contributed by atoms with Crippen molar-refractivity contribution >= 4 is 0 Å². The van der Waals surface area contributed by atoms with Gasteiger partial charge in [0.1, 0.15) is 0 Å². The summed E-state index contributed by atoms with van der Waals surface area (Å²) in [5.41, 5.74) is 1.01. The summed E-state index contributed by atoms with van der Waals surface area (Å²) in [5.74, 6) is 1.39. The fraction of sp³-hybridized carbons (Fsp3) is 0.143. The van der Waals surface area contributed by atoms with Crippen LogP contribution < -0.4 is 0 Å². The predicted molar refractivity (Wildman–Crippen MR) is 38.8 cm³/mol. The molecule has 56 valence electrons. The lowest BCUT2D eigenvalue weighted by Gasteiger charge is -1.85. The van der Waals surface area contributed by atoms with Gasteiger partial charge in [-0.25, -0.2) is 9.97 Å². The lowest BCUT2D eigenvalue weighted by atomic mass is 10.5. The summed E-state index contributed by atoms with van der Waals surface area (Å²) >= 11 is 0. The zero-order valence-electron chi connectivity index (χ0n) is 6.03. The monoisotopic (exact) mass is 149 g/mol. The second-order valence-electron chi connectivity index (χ2n) is 2.28. The van der Waals surface area contributed by atoms with E-state index in [4.69, 9.17) is 4.42 Å². The number of hydrogen-bond acceptors (Lipinski definition) is 3. The molecule has 0 bridgehead atoms. The molecule has 0 amide bonds. The Hall–Kier alpha value is -1.58. The highest BCUT2D eigenvalue weighted by Gasteiger charge is 2.03. The topological polar surface area (TPSA) is 54.7 Å². The molecule has 2 rings (SSSR count). The normalized spacial score (nSPS) is 10.3. The maximum Gasteiger partial charge on any atom is 0.189 e. The molecule has 0 aliphatic rings. The summed E-state index contributed by atoms with van der Waals surface area (Å²) in [4.78, 5) is 10.9. The van der Waals surface area contributed by atoms with Crippen molar-refractivity contribution in [2.24, 2.45) is 0 Å². The first-order valence-corrected chi connectivity index (χ1v) is 3.27. The number of aryl methyl sites for hydroxylation is 1. The smallest absolute Gasteiger partial charge is 0.189 e. The van der Waals surface area contributed by atoms with Crippen molar-refractivity contribution < 1.29 is 4.42 Å². The quantitative estimate of drug-likeness (QED) is 0.666. The highest BCUT2D eigenvalue weighted by Crippen LogP contribution is 2.13. The van der Waals surface area contributed by atoms with Crippen molar-refractivity contribution in [2.75, 3.05) is 0 Å². The van der Waals surface area contributed by atoms with Crippen LogP contribution in [0.4, 0.5) is 0 Å². The molecule has 1 N–H and O–H groups in total. The van der Waals surface area contributed by atoms with Crippen LogP contribution in [-0.2, 0) is 0 Å². The SMILES string of the molecule is Cc1cnc(-c2cnco2)[nH]1. The molecule has 2 heterocycles. The van der Waals surface area contributed by atoms with Gasteiger partial charge >= 0.3 is 0 Å². The number of oxazole rings is 1. The van der Waals surface area contributed by atoms with Gasteiger partial charge in [0.2, 0.25) is 0 Å². The van der Waals surface area contributed by atoms with E-state index in [9.17, 15) is 0 Å². The van der Waals surface area contributed by atoms with E-state index in [0.717, 1.165) is 11.5 Å². The van der Waals surface area contributed by atoms with E-state index >= 15 is 0 Å². The van der Waals surface area contributed by atoms with Gasteiger partial charge in [0.25, 0.3) is 0 Å². The van der Waals surface area contributed by atoms with E-state index in [0.29, 0.717) is 5.76 Å². The predicted octanol–water partition coefficient (Wildman–Crippen LogP) is 1.37.